The number of piperidine rings is 1. The maximum Gasteiger partial charge on any atom is 0.170 e. The number of carbonyl (C=O) groups is 1. The summed E-state index contributed by atoms with van der Waals surface area (Å²) in [4.78, 5) is 24.6. The largest absolute Gasteiger partial charge is 0.497 e. The standard InChI is InChI=1S/C23H23N3O3/c1-15-22(25-19-6-4-3-5-18(19)24-15)26-11-9-23(10-12-26)14-20(27)17-13-16(28-2)7-8-21(17)29-23/h3-8,13H,9-12,14H2,1-2H3. The van der Waals surface area contributed by atoms with E-state index in [0.717, 1.165) is 48.5 Å². The summed E-state index contributed by atoms with van der Waals surface area (Å²) < 4.78 is 11.6. The van der Waals surface area contributed by atoms with Crippen LogP contribution in [0.15, 0.2) is 42.5 Å². The Hall–Kier alpha value is -3.15. The third-order valence-corrected chi connectivity index (χ3v) is 5.99. The molecule has 0 saturated carbocycles. The number of anilines is 1. The second kappa shape index (κ2) is 6.72. The topological polar surface area (TPSA) is 64.5 Å². The van der Waals surface area contributed by atoms with Crippen LogP contribution in [-0.4, -0.2) is 41.6 Å². The number of para-hydroxylation sites is 2. The van der Waals surface area contributed by atoms with Crippen molar-refractivity contribution in [1.29, 1.82) is 0 Å². The maximum atomic E-state index is 12.8. The molecule has 1 spiro atoms. The number of benzene rings is 2. The molecule has 2 aliphatic rings. The van der Waals surface area contributed by atoms with E-state index in [9.17, 15) is 4.79 Å². The van der Waals surface area contributed by atoms with Crippen molar-refractivity contribution < 1.29 is 14.3 Å². The Kier molecular flexibility index (Phi) is 4.15. The lowest BCUT2D eigenvalue weighted by molar-refractivity contribution is 0.0230. The van der Waals surface area contributed by atoms with E-state index in [1.165, 1.54) is 0 Å². The zero-order valence-corrected chi connectivity index (χ0v) is 16.6. The number of carbonyl (C=O) groups excluding carboxylic acids is 1. The molecule has 0 atom stereocenters. The van der Waals surface area contributed by atoms with Crippen LogP contribution < -0.4 is 14.4 Å². The van der Waals surface area contributed by atoms with Crippen LogP contribution >= 0.6 is 0 Å². The minimum Gasteiger partial charge on any atom is -0.497 e. The molecule has 6 nitrogen and oxygen atoms in total. The highest BCUT2D eigenvalue weighted by Crippen LogP contribution is 2.41. The van der Waals surface area contributed by atoms with Gasteiger partial charge in [-0.15, -0.1) is 0 Å². The molecule has 3 aromatic rings. The normalized spacial score (nSPS) is 17.9. The van der Waals surface area contributed by atoms with E-state index in [2.05, 4.69) is 4.90 Å². The molecule has 0 unspecified atom stereocenters. The number of rotatable bonds is 2. The molecule has 0 amide bonds. The first-order valence-corrected chi connectivity index (χ1v) is 9.95. The van der Waals surface area contributed by atoms with Crippen LogP contribution in [0.1, 0.15) is 35.3 Å². The van der Waals surface area contributed by atoms with Crippen molar-refractivity contribution in [2.45, 2.75) is 31.8 Å². The van der Waals surface area contributed by atoms with Gasteiger partial charge in [0.2, 0.25) is 0 Å². The van der Waals surface area contributed by atoms with Crippen LogP contribution in [-0.2, 0) is 0 Å². The number of ketones is 1. The highest BCUT2D eigenvalue weighted by molar-refractivity contribution is 6.00. The van der Waals surface area contributed by atoms with Gasteiger partial charge in [-0.2, -0.15) is 0 Å². The van der Waals surface area contributed by atoms with Gasteiger partial charge in [-0.05, 0) is 37.3 Å². The van der Waals surface area contributed by atoms with E-state index < -0.39 is 5.60 Å². The summed E-state index contributed by atoms with van der Waals surface area (Å²) in [6, 6.07) is 13.4. The number of Topliss-reactive ketones (excluding diaryl/α,β-unsaturated/α-hetero) is 1. The van der Waals surface area contributed by atoms with Crippen molar-refractivity contribution in [3.05, 3.63) is 53.7 Å². The fourth-order valence-electron chi connectivity index (χ4n) is 4.38. The fourth-order valence-corrected chi connectivity index (χ4v) is 4.38. The van der Waals surface area contributed by atoms with E-state index in [1.54, 1.807) is 13.2 Å². The first-order valence-electron chi connectivity index (χ1n) is 9.95. The predicted octanol–water partition coefficient (Wildman–Crippen LogP) is 3.95. The molecule has 1 saturated heterocycles. The number of aromatic nitrogens is 2. The lowest BCUT2D eigenvalue weighted by Gasteiger charge is -2.44. The third kappa shape index (κ3) is 3.09. The number of fused-ring (bicyclic) bond motifs is 2. The fraction of sp³-hybridized carbons (Fsp3) is 0.348. The molecule has 1 fully saturated rings. The van der Waals surface area contributed by atoms with E-state index in [0.29, 0.717) is 23.5 Å². The highest BCUT2D eigenvalue weighted by atomic mass is 16.5. The van der Waals surface area contributed by atoms with Crippen LogP contribution in [0.4, 0.5) is 5.82 Å². The van der Waals surface area contributed by atoms with Gasteiger partial charge in [0.25, 0.3) is 0 Å². The van der Waals surface area contributed by atoms with Crippen molar-refractivity contribution in [3.63, 3.8) is 0 Å². The lowest BCUT2D eigenvalue weighted by atomic mass is 9.82. The smallest absolute Gasteiger partial charge is 0.170 e. The SMILES string of the molecule is COc1ccc2c(c1)C(=O)CC1(CCN(c3nc4ccccc4nc3C)CC1)O2. The molecule has 2 aromatic carbocycles. The molecule has 0 N–H and O–H groups in total. The third-order valence-electron chi connectivity index (χ3n) is 5.99. The Morgan fingerprint density at radius 3 is 2.52 bits per heavy atom. The number of hydrogen-bond donors (Lipinski definition) is 0. The summed E-state index contributed by atoms with van der Waals surface area (Å²) in [5.74, 6) is 2.39. The number of aryl methyl sites for hydroxylation is 1. The maximum absolute atomic E-state index is 12.8. The van der Waals surface area contributed by atoms with Gasteiger partial charge >= 0.3 is 0 Å². The zero-order valence-electron chi connectivity index (χ0n) is 16.6. The number of methoxy groups -OCH3 is 1. The second-order valence-electron chi connectivity index (χ2n) is 7.86. The summed E-state index contributed by atoms with van der Waals surface area (Å²) in [7, 11) is 1.60. The van der Waals surface area contributed by atoms with Gasteiger partial charge in [0.15, 0.2) is 11.6 Å². The van der Waals surface area contributed by atoms with E-state index in [4.69, 9.17) is 19.4 Å². The number of hydrogen-bond acceptors (Lipinski definition) is 6. The summed E-state index contributed by atoms with van der Waals surface area (Å²) >= 11 is 0. The van der Waals surface area contributed by atoms with Crippen LogP contribution in [0.2, 0.25) is 0 Å². The van der Waals surface area contributed by atoms with Gasteiger partial charge < -0.3 is 14.4 Å². The van der Waals surface area contributed by atoms with E-state index in [-0.39, 0.29) is 5.78 Å². The summed E-state index contributed by atoms with van der Waals surface area (Å²) in [6.07, 6.45) is 1.96. The van der Waals surface area contributed by atoms with Crippen molar-refractivity contribution in [1.82, 2.24) is 9.97 Å². The Morgan fingerprint density at radius 1 is 1.07 bits per heavy atom. The van der Waals surface area contributed by atoms with Crippen molar-refractivity contribution >= 4 is 22.6 Å². The minimum absolute atomic E-state index is 0.125. The van der Waals surface area contributed by atoms with Gasteiger partial charge in [0.05, 0.1) is 35.8 Å². The number of ether oxygens (including phenoxy) is 2. The lowest BCUT2D eigenvalue weighted by Crippen LogP contribution is -2.51. The van der Waals surface area contributed by atoms with E-state index >= 15 is 0 Å². The van der Waals surface area contributed by atoms with Crippen molar-refractivity contribution in [2.75, 3.05) is 25.1 Å². The molecule has 3 heterocycles. The first kappa shape index (κ1) is 17.9. The zero-order chi connectivity index (χ0) is 20.0. The Morgan fingerprint density at radius 2 is 1.79 bits per heavy atom. The molecule has 0 aliphatic carbocycles. The molecule has 2 aliphatic heterocycles. The van der Waals surface area contributed by atoms with Crippen LogP contribution in [0.3, 0.4) is 0 Å². The van der Waals surface area contributed by atoms with Gasteiger partial charge in [-0.3, -0.25) is 4.79 Å². The Labute approximate surface area is 169 Å². The Balaban J connectivity index is 1.38. The summed E-state index contributed by atoms with van der Waals surface area (Å²) in [6.45, 7) is 3.57. The molecular formula is C23H23N3O3. The molecule has 0 radical (unpaired) electrons. The summed E-state index contributed by atoms with van der Waals surface area (Å²) in [5.41, 5.74) is 2.93. The molecule has 6 heteroatoms. The average Bonchev–Trinajstić information content (AvgIpc) is 2.74. The second-order valence-corrected chi connectivity index (χ2v) is 7.86. The molecular weight excluding hydrogens is 366 g/mol. The quantitative estimate of drug-likeness (QED) is 0.661. The molecule has 1 aromatic heterocycles. The summed E-state index contributed by atoms with van der Waals surface area (Å²) in [5, 5.41) is 0. The highest BCUT2D eigenvalue weighted by Gasteiger charge is 2.43. The van der Waals surface area contributed by atoms with Gasteiger partial charge in [0.1, 0.15) is 17.1 Å². The van der Waals surface area contributed by atoms with Crippen LogP contribution in [0, 0.1) is 6.92 Å². The molecule has 148 valence electrons. The molecule has 5 rings (SSSR count). The predicted molar refractivity (Wildman–Crippen MR) is 111 cm³/mol. The average molecular weight is 389 g/mol. The van der Waals surface area contributed by atoms with Gasteiger partial charge in [0, 0.05) is 25.9 Å². The van der Waals surface area contributed by atoms with Crippen molar-refractivity contribution in [3.8, 4) is 11.5 Å². The molecule has 29 heavy (non-hydrogen) atoms. The minimum atomic E-state index is -0.437. The number of nitrogens with zero attached hydrogens (tertiary/aromatic N) is 3. The van der Waals surface area contributed by atoms with Crippen molar-refractivity contribution in [2.24, 2.45) is 0 Å². The Bertz CT molecular complexity index is 1100. The van der Waals surface area contributed by atoms with Gasteiger partial charge in [-0.25, -0.2) is 9.97 Å². The van der Waals surface area contributed by atoms with Crippen LogP contribution in [0.5, 0.6) is 11.5 Å². The first-order chi connectivity index (χ1) is 14.1. The molecule has 0 bridgehead atoms. The van der Waals surface area contributed by atoms with E-state index in [1.807, 2.05) is 43.3 Å². The van der Waals surface area contributed by atoms with Crippen LogP contribution in [0.25, 0.3) is 11.0 Å². The monoisotopic (exact) mass is 389 g/mol. The van der Waals surface area contributed by atoms with Gasteiger partial charge in [-0.1, -0.05) is 12.1 Å².